The number of halogens is 2. The molecule has 1 atom stereocenters. The lowest BCUT2D eigenvalue weighted by Gasteiger charge is -2.21. The largest absolute Gasteiger partial charge is 0.495 e. The molecular weight excluding hydrogens is 482 g/mol. The molecule has 1 unspecified atom stereocenters. The van der Waals surface area contributed by atoms with Gasteiger partial charge in [0.1, 0.15) is 11.6 Å². The minimum Gasteiger partial charge on any atom is -0.495 e. The number of methoxy groups -OCH3 is 1. The van der Waals surface area contributed by atoms with Gasteiger partial charge in [-0.2, -0.15) is 0 Å². The van der Waals surface area contributed by atoms with Gasteiger partial charge >= 0.3 is 0 Å². The van der Waals surface area contributed by atoms with Crippen LogP contribution in [0.15, 0.2) is 53.5 Å². The Bertz CT molecular complexity index is 802. The molecule has 0 amide bonds. The van der Waals surface area contributed by atoms with Gasteiger partial charge in [0.15, 0.2) is 5.96 Å². The third-order valence-corrected chi connectivity index (χ3v) is 5.14. The van der Waals surface area contributed by atoms with Crippen LogP contribution >= 0.6 is 24.0 Å². The van der Waals surface area contributed by atoms with E-state index in [4.69, 9.17) is 4.74 Å². The van der Waals surface area contributed by atoms with Crippen LogP contribution in [0.4, 0.5) is 10.1 Å². The minimum atomic E-state index is -0.158. The second-order valence-corrected chi connectivity index (χ2v) is 6.99. The molecule has 158 valence electrons. The van der Waals surface area contributed by atoms with Gasteiger partial charge in [-0.1, -0.05) is 30.3 Å². The Morgan fingerprint density at radius 3 is 2.69 bits per heavy atom. The number of para-hydroxylation sites is 2. The zero-order valence-electron chi connectivity index (χ0n) is 17.0. The van der Waals surface area contributed by atoms with Gasteiger partial charge in [0.05, 0.1) is 12.8 Å². The second-order valence-electron chi connectivity index (χ2n) is 6.99. The summed E-state index contributed by atoms with van der Waals surface area (Å²) in [6, 6.07) is 15.0. The zero-order chi connectivity index (χ0) is 19.8. The molecule has 2 N–H and O–H groups in total. The molecule has 0 aliphatic carbocycles. The highest BCUT2D eigenvalue weighted by Gasteiger charge is 2.24. The van der Waals surface area contributed by atoms with Gasteiger partial charge in [0, 0.05) is 33.2 Å². The second kappa shape index (κ2) is 11.8. The number of aliphatic imine (C=N–C) groups is 1. The van der Waals surface area contributed by atoms with Crippen LogP contribution < -0.4 is 20.3 Å². The van der Waals surface area contributed by atoms with Crippen LogP contribution in [-0.2, 0) is 6.42 Å². The van der Waals surface area contributed by atoms with Crippen molar-refractivity contribution in [1.82, 2.24) is 10.6 Å². The van der Waals surface area contributed by atoms with Crippen molar-refractivity contribution >= 4 is 35.6 Å². The maximum absolute atomic E-state index is 13.7. The molecule has 1 aliphatic heterocycles. The number of hydrogen-bond acceptors (Lipinski definition) is 3. The molecule has 1 aliphatic rings. The van der Waals surface area contributed by atoms with Crippen molar-refractivity contribution in [1.29, 1.82) is 0 Å². The smallest absolute Gasteiger partial charge is 0.190 e. The standard InChI is InChI=1S/C22H29FN4O.HI/c1-24-22(25-13-11-18-7-3-4-8-19(18)23)26-15-17-12-14-27(16-17)20-9-5-6-10-21(20)28-2;/h3-10,17H,11-16H2,1-2H3,(H2,24,25,26);1H. The first-order valence-corrected chi connectivity index (χ1v) is 9.77. The maximum atomic E-state index is 13.7. The SMILES string of the molecule is CN=C(NCCc1ccccc1F)NCC1CCN(c2ccccc2OC)C1.I. The number of benzene rings is 2. The van der Waals surface area contributed by atoms with E-state index in [0.717, 1.165) is 43.5 Å². The van der Waals surface area contributed by atoms with Crippen LogP contribution in [0.1, 0.15) is 12.0 Å². The molecule has 0 radical (unpaired) electrons. The topological polar surface area (TPSA) is 48.9 Å². The van der Waals surface area contributed by atoms with Gasteiger partial charge in [-0.15, -0.1) is 24.0 Å². The number of hydrogen-bond donors (Lipinski definition) is 2. The summed E-state index contributed by atoms with van der Waals surface area (Å²) in [4.78, 5) is 6.65. The van der Waals surface area contributed by atoms with Gasteiger partial charge in [-0.3, -0.25) is 4.99 Å². The molecule has 0 spiro atoms. The first-order valence-electron chi connectivity index (χ1n) is 9.77. The van der Waals surface area contributed by atoms with Crippen LogP contribution in [0.3, 0.4) is 0 Å². The van der Waals surface area contributed by atoms with E-state index in [2.05, 4.69) is 26.6 Å². The van der Waals surface area contributed by atoms with Crippen molar-refractivity contribution in [3.05, 3.63) is 59.9 Å². The van der Waals surface area contributed by atoms with E-state index in [0.29, 0.717) is 24.4 Å². The van der Waals surface area contributed by atoms with E-state index >= 15 is 0 Å². The molecule has 7 heteroatoms. The summed E-state index contributed by atoms with van der Waals surface area (Å²) >= 11 is 0. The minimum absolute atomic E-state index is 0. The Hall–Kier alpha value is -2.03. The Morgan fingerprint density at radius 2 is 1.93 bits per heavy atom. The first-order chi connectivity index (χ1) is 13.7. The normalized spacial score (nSPS) is 16.3. The summed E-state index contributed by atoms with van der Waals surface area (Å²) in [5, 5.41) is 6.67. The van der Waals surface area contributed by atoms with E-state index in [9.17, 15) is 4.39 Å². The summed E-state index contributed by atoms with van der Waals surface area (Å²) in [6.07, 6.45) is 1.75. The highest BCUT2D eigenvalue weighted by Crippen LogP contribution is 2.31. The third kappa shape index (κ3) is 6.48. The molecule has 2 aromatic carbocycles. The molecule has 0 saturated carbocycles. The fourth-order valence-corrected chi connectivity index (χ4v) is 3.59. The molecule has 1 saturated heterocycles. The molecule has 0 aromatic heterocycles. The fourth-order valence-electron chi connectivity index (χ4n) is 3.59. The Kier molecular flexibility index (Phi) is 9.50. The summed E-state index contributed by atoms with van der Waals surface area (Å²) < 4.78 is 19.2. The van der Waals surface area contributed by atoms with E-state index in [1.165, 1.54) is 6.07 Å². The van der Waals surface area contributed by atoms with Gasteiger partial charge in [0.25, 0.3) is 0 Å². The van der Waals surface area contributed by atoms with Crippen molar-refractivity contribution in [2.24, 2.45) is 10.9 Å². The number of anilines is 1. The van der Waals surface area contributed by atoms with Crippen LogP contribution in [-0.4, -0.2) is 46.3 Å². The van der Waals surface area contributed by atoms with E-state index in [-0.39, 0.29) is 29.8 Å². The number of nitrogens with one attached hydrogen (secondary N) is 2. The highest BCUT2D eigenvalue weighted by molar-refractivity contribution is 14.0. The fraction of sp³-hybridized carbons (Fsp3) is 0.409. The summed E-state index contributed by atoms with van der Waals surface area (Å²) in [5.41, 5.74) is 1.87. The van der Waals surface area contributed by atoms with Gasteiger partial charge in [0.2, 0.25) is 0 Å². The number of nitrogens with zero attached hydrogens (tertiary/aromatic N) is 2. The maximum Gasteiger partial charge on any atom is 0.190 e. The van der Waals surface area contributed by atoms with E-state index < -0.39 is 0 Å². The lowest BCUT2D eigenvalue weighted by molar-refractivity contribution is 0.414. The van der Waals surface area contributed by atoms with Crippen LogP contribution in [0.2, 0.25) is 0 Å². The van der Waals surface area contributed by atoms with Gasteiger partial charge < -0.3 is 20.3 Å². The quantitative estimate of drug-likeness (QED) is 0.338. The highest BCUT2D eigenvalue weighted by atomic mass is 127. The van der Waals surface area contributed by atoms with Crippen molar-refractivity contribution in [3.8, 4) is 5.75 Å². The molecule has 0 bridgehead atoms. The Labute approximate surface area is 189 Å². The number of guanidine groups is 1. The lowest BCUT2D eigenvalue weighted by Crippen LogP contribution is -2.41. The van der Waals surface area contributed by atoms with E-state index in [1.807, 2.05) is 30.3 Å². The van der Waals surface area contributed by atoms with Crippen molar-refractivity contribution in [2.45, 2.75) is 12.8 Å². The Morgan fingerprint density at radius 1 is 1.17 bits per heavy atom. The number of ether oxygens (including phenoxy) is 1. The molecular formula is C22H30FIN4O. The van der Waals surface area contributed by atoms with Crippen LogP contribution in [0.25, 0.3) is 0 Å². The Balaban J connectivity index is 0.00000300. The summed E-state index contributed by atoms with van der Waals surface area (Å²) in [6.45, 7) is 3.50. The van der Waals surface area contributed by atoms with E-state index in [1.54, 1.807) is 20.2 Å². The zero-order valence-corrected chi connectivity index (χ0v) is 19.4. The van der Waals surface area contributed by atoms with Crippen LogP contribution in [0.5, 0.6) is 5.75 Å². The average molecular weight is 512 g/mol. The monoisotopic (exact) mass is 512 g/mol. The lowest BCUT2D eigenvalue weighted by atomic mass is 10.1. The number of rotatable bonds is 7. The van der Waals surface area contributed by atoms with Gasteiger partial charge in [-0.05, 0) is 42.5 Å². The van der Waals surface area contributed by atoms with Crippen molar-refractivity contribution in [2.75, 3.05) is 45.2 Å². The molecule has 5 nitrogen and oxygen atoms in total. The average Bonchev–Trinajstić information content (AvgIpc) is 3.20. The summed E-state index contributed by atoms with van der Waals surface area (Å²) in [7, 11) is 3.47. The molecule has 2 aromatic rings. The van der Waals surface area contributed by atoms with Crippen molar-refractivity contribution < 1.29 is 9.13 Å². The van der Waals surface area contributed by atoms with Crippen molar-refractivity contribution in [3.63, 3.8) is 0 Å². The molecule has 1 heterocycles. The molecule has 29 heavy (non-hydrogen) atoms. The molecule has 3 rings (SSSR count). The predicted octanol–water partition coefficient (Wildman–Crippen LogP) is 3.69. The third-order valence-electron chi connectivity index (χ3n) is 5.14. The van der Waals surface area contributed by atoms with Crippen LogP contribution in [0, 0.1) is 11.7 Å². The van der Waals surface area contributed by atoms with Gasteiger partial charge in [-0.25, -0.2) is 4.39 Å². The first kappa shape index (κ1) is 23.3. The summed E-state index contributed by atoms with van der Waals surface area (Å²) in [5.74, 6) is 2.05. The molecule has 1 fully saturated rings. The predicted molar refractivity (Wildman–Crippen MR) is 128 cm³/mol.